The number of rotatable bonds is 0. The first-order chi connectivity index (χ1) is 12.0. The van der Waals surface area contributed by atoms with Gasteiger partial charge in [-0.1, -0.05) is 31.9 Å². The summed E-state index contributed by atoms with van der Waals surface area (Å²) in [6.45, 7) is 4.40. The second-order valence-corrected chi connectivity index (χ2v) is 7.38. The van der Waals surface area contributed by atoms with Crippen LogP contribution in [-0.4, -0.2) is 32.2 Å². The summed E-state index contributed by atoms with van der Waals surface area (Å²) in [6, 6.07) is 11.6. The van der Waals surface area contributed by atoms with E-state index in [4.69, 9.17) is 9.47 Å². The smallest absolute Gasteiger partial charge is 0.224 e. The van der Waals surface area contributed by atoms with Crippen molar-refractivity contribution in [1.29, 1.82) is 0 Å². The third-order valence-corrected chi connectivity index (χ3v) is 4.77. The molecule has 2 aromatic carbocycles. The van der Waals surface area contributed by atoms with Gasteiger partial charge in [0.1, 0.15) is 24.7 Å². The van der Waals surface area contributed by atoms with Crippen LogP contribution >= 0.6 is 31.9 Å². The lowest BCUT2D eigenvalue weighted by atomic mass is 10.2. The van der Waals surface area contributed by atoms with Crippen LogP contribution in [0.3, 0.4) is 0 Å². The van der Waals surface area contributed by atoms with Crippen molar-refractivity contribution in [2.45, 2.75) is 6.92 Å². The Kier molecular flexibility index (Phi) is 5.86. The van der Waals surface area contributed by atoms with Crippen LogP contribution in [0.1, 0.15) is 6.92 Å². The highest BCUT2D eigenvalue weighted by Crippen LogP contribution is 2.34. The molecular weight excluding hydrogens is 452 g/mol. The number of carbonyl (C=O) groups is 1. The van der Waals surface area contributed by atoms with Gasteiger partial charge in [-0.25, -0.2) is 0 Å². The Bertz CT molecular complexity index is 783. The first-order valence-corrected chi connectivity index (χ1v) is 9.50. The zero-order valence-corrected chi connectivity index (χ0v) is 16.9. The zero-order valence-electron chi connectivity index (χ0n) is 13.7. The lowest BCUT2D eigenvalue weighted by Crippen LogP contribution is -2.36. The van der Waals surface area contributed by atoms with Gasteiger partial charge in [-0.3, -0.25) is 4.79 Å². The van der Waals surface area contributed by atoms with E-state index in [9.17, 15) is 4.79 Å². The molecule has 0 saturated heterocycles. The van der Waals surface area contributed by atoms with E-state index in [1.807, 2.05) is 36.4 Å². The van der Waals surface area contributed by atoms with E-state index in [0.29, 0.717) is 13.2 Å². The van der Waals surface area contributed by atoms with Crippen molar-refractivity contribution in [2.75, 3.05) is 36.5 Å². The van der Waals surface area contributed by atoms with E-state index in [1.54, 1.807) is 11.8 Å². The van der Waals surface area contributed by atoms with Gasteiger partial charge in [0.2, 0.25) is 5.91 Å². The maximum atomic E-state index is 11.3. The van der Waals surface area contributed by atoms with Crippen molar-refractivity contribution < 1.29 is 14.3 Å². The Hall–Kier alpha value is -1.73. The Labute approximate surface area is 163 Å². The second-order valence-electron chi connectivity index (χ2n) is 5.55. The highest BCUT2D eigenvalue weighted by molar-refractivity contribution is 9.10. The van der Waals surface area contributed by atoms with Gasteiger partial charge in [0, 0.05) is 22.4 Å². The van der Waals surface area contributed by atoms with E-state index in [2.05, 4.69) is 37.2 Å². The van der Waals surface area contributed by atoms with Gasteiger partial charge in [-0.2, -0.15) is 0 Å². The molecule has 2 aliphatic heterocycles. The number of hydrogen-bond acceptors (Lipinski definition) is 4. The molecule has 0 radical (unpaired) electrons. The fourth-order valence-electron chi connectivity index (χ4n) is 2.63. The molecule has 0 unspecified atom stereocenters. The van der Waals surface area contributed by atoms with Crippen molar-refractivity contribution >= 4 is 49.1 Å². The summed E-state index contributed by atoms with van der Waals surface area (Å²) in [5.74, 6) is 1.77. The van der Waals surface area contributed by atoms with Gasteiger partial charge in [0.25, 0.3) is 0 Å². The summed E-state index contributed by atoms with van der Waals surface area (Å²) in [4.78, 5) is 13.1. The summed E-state index contributed by atoms with van der Waals surface area (Å²) >= 11 is 6.77. The summed E-state index contributed by atoms with van der Waals surface area (Å²) in [6.07, 6.45) is 0. The predicted octanol–water partition coefficient (Wildman–Crippen LogP) is 4.45. The van der Waals surface area contributed by atoms with Crippen LogP contribution in [-0.2, 0) is 4.79 Å². The molecule has 0 atom stereocenters. The summed E-state index contributed by atoms with van der Waals surface area (Å²) in [5, 5.41) is 3.25. The van der Waals surface area contributed by atoms with Crippen molar-refractivity contribution in [1.82, 2.24) is 0 Å². The average Bonchev–Trinajstić information content (AvgIpc) is 2.61. The fraction of sp³-hybridized carbons (Fsp3) is 0.278. The molecule has 0 spiro atoms. The minimum atomic E-state index is 0.0488. The van der Waals surface area contributed by atoms with Gasteiger partial charge in [0.15, 0.2) is 0 Å². The van der Waals surface area contributed by atoms with Crippen LogP contribution in [0.5, 0.6) is 11.5 Å². The van der Waals surface area contributed by atoms with Crippen LogP contribution in [0, 0.1) is 0 Å². The van der Waals surface area contributed by atoms with Crippen LogP contribution in [0.25, 0.3) is 0 Å². The van der Waals surface area contributed by atoms with Gasteiger partial charge in [-0.15, -0.1) is 0 Å². The molecule has 1 amide bonds. The summed E-state index contributed by atoms with van der Waals surface area (Å²) in [5.41, 5.74) is 1.92. The van der Waals surface area contributed by atoms with Gasteiger partial charge in [0.05, 0.1) is 17.9 Å². The SMILES string of the molecule is Brc1ccc2c(c1)NCCO2.CC(=O)N1CCOc2ccc(Br)cc21. The number of nitrogens with one attached hydrogen (secondary N) is 1. The first-order valence-electron chi connectivity index (χ1n) is 7.91. The Morgan fingerprint density at radius 2 is 1.72 bits per heavy atom. The second kappa shape index (κ2) is 8.10. The van der Waals surface area contributed by atoms with Gasteiger partial charge >= 0.3 is 0 Å². The van der Waals surface area contributed by atoms with Crippen molar-refractivity contribution in [3.8, 4) is 11.5 Å². The highest BCUT2D eigenvalue weighted by atomic mass is 79.9. The number of amides is 1. The number of fused-ring (bicyclic) bond motifs is 2. The van der Waals surface area contributed by atoms with Crippen LogP contribution in [0.15, 0.2) is 45.3 Å². The molecular formula is C18H18Br2N2O3. The third kappa shape index (κ3) is 4.46. The zero-order chi connectivity index (χ0) is 17.8. The van der Waals surface area contributed by atoms with Crippen molar-refractivity contribution in [3.63, 3.8) is 0 Å². The summed E-state index contributed by atoms with van der Waals surface area (Å²) in [7, 11) is 0. The third-order valence-electron chi connectivity index (χ3n) is 3.78. The average molecular weight is 470 g/mol. The molecule has 2 aliphatic rings. The van der Waals surface area contributed by atoms with E-state index in [1.165, 1.54) is 0 Å². The van der Waals surface area contributed by atoms with Gasteiger partial charge < -0.3 is 19.7 Å². The van der Waals surface area contributed by atoms with Crippen LogP contribution in [0.2, 0.25) is 0 Å². The number of halogens is 2. The largest absolute Gasteiger partial charge is 0.490 e. The molecule has 0 aromatic heterocycles. The topological polar surface area (TPSA) is 50.8 Å². The molecule has 2 heterocycles. The van der Waals surface area contributed by atoms with E-state index < -0.39 is 0 Å². The number of hydrogen-bond donors (Lipinski definition) is 1. The standard InChI is InChI=1S/C10H10BrNO2.C8H8BrNO/c1-7(13)12-4-5-14-10-3-2-8(11)6-9(10)12;9-6-1-2-8-7(5-6)10-3-4-11-8/h2-3,6H,4-5H2,1H3;1-2,5,10H,3-4H2. The molecule has 0 aliphatic carbocycles. The van der Waals surface area contributed by atoms with Crippen molar-refractivity contribution in [2.24, 2.45) is 0 Å². The van der Waals surface area contributed by atoms with Crippen LogP contribution in [0.4, 0.5) is 11.4 Å². The molecule has 1 N–H and O–H groups in total. The molecule has 0 saturated carbocycles. The van der Waals surface area contributed by atoms with E-state index >= 15 is 0 Å². The highest BCUT2D eigenvalue weighted by Gasteiger charge is 2.20. The number of nitrogens with zero attached hydrogens (tertiary/aromatic N) is 1. The quantitative estimate of drug-likeness (QED) is 0.619. The predicted molar refractivity (Wildman–Crippen MR) is 106 cm³/mol. The molecule has 0 bridgehead atoms. The maximum absolute atomic E-state index is 11.3. The maximum Gasteiger partial charge on any atom is 0.224 e. The Morgan fingerprint density at radius 1 is 1.04 bits per heavy atom. The molecule has 132 valence electrons. The molecule has 25 heavy (non-hydrogen) atoms. The Balaban J connectivity index is 0.000000150. The lowest BCUT2D eigenvalue weighted by Gasteiger charge is -2.28. The summed E-state index contributed by atoms with van der Waals surface area (Å²) < 4.78 is 12.9. The number of ether oxygens (including phenoxy) is 2. The molecule has 4 rings (SSSR count). The number of benzene rings is 2. The van der Waals surface area contributed by atoms with Crippen LogP contribution < -0.4 is 19.7 Å². The first kappa shape index (κ1) is 18.1. The van der Waals surface area contributed by atoms with E-state index in [-0.39, 0.29) is 5.91 Å². The number of carbonyl (C=O) groups excluding carboxylic acids is 1. The molecule has 7 heteroatoms. The fourth-order valence-corrected chi connectivity index (χ4v) is 3.34. The normalized spacial score (nSPS) is 14.6. The Morgan fingerprint density at radius 3 is 2.48 bits per heavy atom. The van der Waals surface area contributed by atoms with Crippen molar-refractivity contribution in [3.05, 3.63) is 45.3 Å². The number of anilines is 2. The minimum Gasteiger partial charge on any atom is -0.490 e. The molecule has 2 aromatic rings. The molecule has 5 nitrogen and oxygen atoms in total. The van der Waals surface area contributed by atoms with E-state index in [0.717, 1.165) is 45.0 Å². The minimum absolute atomic E-state index is 0.0488. The molecule has 0 fully saturated rings. The monoisotopic (exact) mass is 468 g/mol. The van der Waals surface area contributed by atoms with Gasteiger partial charge in [-0.05, 0) is 36.4 Å². The lowest BCUT2D eigenvalue weighted by molar-refractivity contribution is -0.116.